The summed E-state index contributed by atoms with van der Waals surface area (Å²) in [6.45, 7) is 6.66. The minimum atomic E-state index is 0.594. The maximum Gasteiger partial charge on any atom is 0.0384 e. The highest BCUT2D eigenvalue weighted by Crippen LogP contribution is 2.45. The van der Waals surface area contributed by atoms with Crippen LogP contribution in [0.1, 0.15) is 35.4 Å². The van der Waals surface area contributed by atoms with Crippen LogP contribution in [0.15, 0.2) is 36.4 Å². The molecule has 0 spiro atoms. The van der Waals surface area contributed by atoms with Crippen molar-refractivity contribution in [2.45, 2.75) is 38.6 Å². The zero-order chi connectivity index (χ0) is 15.1. The SMILES string of the molecule is Cc1ccc(C)c(-c2cccc3c2[C@@H]2CCNCC[C@@H]2N3)c1. The number of nitrogens with one attached hydrogen (secondary N) is 2. The lowest BCUT2D eigenvalue weighted by atomic mass is 9.84. The van der Waals surface area contributed by atoms with Crippen molar-refractivity contribution >= 4 is 5.69 Å². The molecule has 0 radical (unpaired) electrons. The van der Waals surface area contributed by atoms with Crippen LogP contribution in [0.3, 0.4) is 0 Å². The predicted molar refractivity (Wildman–Crippen MR) is 93.6 cm³/mol. The molecule has 2 nitrogen and oxygen atoms in total. The van der Waals surface area contributed by atoms with Gasteiger partial charge in [-0.15, -0.1) is 0 Å². The molecule has 0 unspecified atom stereocenters. The molecule has 2 aliphatic heterocycles. The van der Waals surface area contributed by atoms with Crippen LogP contribution in [-0.2, 0) is 0 Å². The van der Waals surface area contributed by atoms with Gasteiger partial charge in [0.25, 0.3) is 0 Å². The van der Waals surface area contributed by atoms with Gasteiger partial charge in [-0.3, -0.25) is 0 Å². The predicted octanol–water partition coefficient (Wildman–Crippen LogP) is 4.23. The van der Waals surface area contributed by atoms with E-state index in [0.29, 0.717) is 12.0 Å². The van der Waals surface area contributed by atoms with Crippen LogP contribution in [0.25, 0.3) is 11.1 Å². The van der Waals surface area contributed by atoms with E-state index in [0.717, 1.165) is 13.1 Å². The molecule has 0 saturated carbocycles. The van der Waals surface area contributed by atoms with Gasteiger partial charge in [0, 0.05) is 17.6 Å². The van der Waals surface area contributed by atoms with Crippen molar-refractivity contribution in [3.05, 3.63) is 53.1 Å². The lowest BCUT2D eigenvalue weighted by molar-refractivity contribution is 0.579. The van der Waals surface area contributed by atoms with Crippen molar-refractivity contribution in [1.82, 2.24) is 5.32 Å². The molecule has 1 fully saturated rings. The van der Waals surface area contributed by atoms with Gasteiger partial charge >= 0.3 is 0 Å². The summed E-state index contributed by atoms with van der Waals surface area (Å²) in [7, 11) is 0. The van der Waals surface area contributed by atoms with Gasteiger partial charge in [-0.2, -0.15) is 0 Å². The molecule has 2 aromatic rings. The summed E-state index contributed by atoms with van der Waals surface area (Å²) >= 11 is 0. The highest BCUT2D eigenvalue weighted by molar-refractivity contribution is 5.79. The van der Waals surface area contributed by atoms with E-state index in [9.17, 15) is 0 Å². The number of hydrogen-bond acceptors (Lipinski definition) is 2. The van der Waals surface area contributed by atoms with E-state index in [1.54, 1.807) is 5.56 Å². The van der Waals surface area contributed by atoms with Crippen LogP contribution in [0.5, 0.6) is 0 Å². The molecule has 114 valence electrons. The molecule has 0 amide bonds. The summed E-state index contributed by atoms with van der Waals surface area (Å²) in [6, 6.07) is 14.2. The van der Waals surface area contributed by atoms with Crippen molar-refractivity contribution in [3.8, 4) is 11.1 Å². The normalized spacial score (nSPS) is 23.4. The fourth-order valence-corrected chi connectivity index (χ4v) is 4.11. The smallest absolute Gasteiger partial charge is 0.0384 e. The Balaban J connectivity index is 1.86. The Bertz CT molecular complexity index is 705. The monoisotopic (exact) mass is 292 g/mol. The molecule has 0 bridgehead atoms. The molecule has 2 aliphatic rings. The summed E-state index contributed by atoms with van der Waals surface area (Å²) in [5.74, 6) is 0.640. The molecule has 2 atom stereocenters. The summed E-state index contributed by atoms with van der Waals surface area (Å²) in [4.78, 5) is 0. The van der Waals surface area contributed by atoms with Crippen LogP contribution >= 0.6 is 0 Å². The standard InChI is InChI=1S/C20H24N2/c1-13-6-7-14(2)17(12-13)15-4-3-5-19-20(15)16-8-10-21-11-9-18(16)22-19/h3-7,12,16,18,21-22H,8-11H2,1-2H3/t16-,18+/m1/s1. The van der Waals surface area contributed by atoms with E-state index >= 15 is 0 Å². The van der Waals surface area contributed by atoms with E-state index in [1.807, 2.05) is 0 Å². The van der Waals surface area contributed by atoms with Gasteiger partial charge in [0.2, 0.25) is 0 Å². The van der Waals surface area contributed by atoms with E-state index < -0.39 is 0 Å². The van der Waals surface area contributed by atoms with E-state index in [-0.39, 0.29) is 0 Å². The van der Waals surface area contributed by atoms with Crippen molar-refractivity contribution < 1.29 is 0 Å². The van der Waals surface area contributed by atoms with Crippen LogP contribution in [-0.4, -0.2) is 19.1 Å². The molecule has 1 saturated heterocycles. The van der Waals surface area contributed by atoms with Gasteiger partial charge in [-0.25, -0.2) is 0 Å². The van der Waals surface area contributed by atoms with Crippen LogP contribution in [0.2, 0.25) is 0 Å². The molecular formula is C20H24N2. The highest BCUT2D eigenvalue weighted by atomic mass is 15.0. The quantitative estimate of drug-likeness (QED) is 0.822. The number of aryl methyl sites for hydroxylation is 2. The first kappa shape index (κ1) is 13.8. The fourth-order valence-electron chi connectivity index (χ4n) is 4.11. The first-order valence-electron chi connectivity index (χ1n) is 8.42. The minimum absolute atomic E-state index is 0.594. The summed E-state index contributed by atoms with van der Waals surface area (Å²) < 4.78 is 0. The highest BCUT2D eigenvalue weighted by Gasteiger charge is 2.34. The van der Waals surface area contributed by atoms with Crippen LogP contribution in [0.4, 0.5) is 5.69 Å². The Morgan fingerprint density at radius 3 is 2.73 bits per heavy atom. The van der Waals surface area contributed by atoms with E-state index in [1.165, 1.54) is 40.8 Å². The summed E-state index contributed by atoms with van der Waals surface area (Å²) in [5.41, 5.74) is 8.44. The average molecular weight is 292 g/mol. The van der Waals surface area contributed by atoms with E-state index in [4.69, 9.17) is 0 Å². The average Bonchev–Trinajstić information content (AvgIpc) is 2.72. The molecule has 22 heavy (non-hydrogen) atoms. The first-order chi connectivity index (χ1) is 10.7. The number of anilines is 1. The second-order valence-corrected chi connectivity index (χ2v) is 6.77. The van der Waals surface area contributed by atoms with Crippen molar-refractivity contribution in [2.24, 2.45) is 0 Å². The second-order valence-electron chi connectivity index (χ2n) is 6.77. The van der Waals surface area contributed by atoms with Crippen LogP contribution in [0, 0.1) is 13.8 Å². The van der Waals surface area contributed by atoms with E-state index in [2.05, 4.69) is 60.9 Å². The van der Waals surface area contributed by atoms with Gasteiger partial charge in [0.15, 0.2) is 0 Å². The minimum Gasteiger partial charge on any atom is -0.381 e. The Morgan fingerprint density at radius 2 is 1.82 bits per heavy atom. The largest absolute Gasteiger partial charge is 0.381 e. The Hall–Kier alpha value is -1.80. The fraction of sp³-hybridized carbons (Fsp3) is 0.400. The summed E-state index contributed by atoms with van der Waals surface area (Å²) in [5, 5.41) is 7.33. The molecule has 4 rings (SSSR count). The van der Waals surface area contributed by atoms with Gasteiger partial charge in [-0.1, -0.05) is 35.9 Å². The Kier molecular flexibility index (Phi) is 3.42. The Labute approximate surface area is 132 Å². The lowest BCUT2D eigenvalue weighted by Crippen LogP contribution is -2.21. The molecular weight excluding hydrogens is 268 g/mol. The topological polar surface area (TPSA) is 24.1 Å². The number of hydrogen-bond donors (Lipinski definition) is 2. The van der Waals surface area contributed by atoms with Crippen molar-refractivity contribution in [3.63, 3.8) is 0 Å². The number of fused-ring (bicyclic) bond motifs is 3. The first-order valence-corrected chi connectivity index (χ1v) is 8.42. The molecule has 2 N–H and O–H groups in total. The third-order valence-corrected chi connectivity index (χ3v) is 5.25. The van der Waals surface area contributed by atoms with Gasteiger partial charge in [0.05, 0.1) is 0 Å². The van der Waals surface area contributed by atoms with Gasteiger partial charge in [0.1, 0.15) is 0 Å². The zero-order valence-electron chi connectivity index (χ0n) is 13.4. The summed E-state index contributed by atoms with van der Waals surface area (Å²) in [6.07, 6.45) is 2.44. The third kappa shape index (κ3) is 2.22. The number of rotatable bonds is 1. The number of benzene rings is 2. The van der Waals surface area contributed by atoms with Crippen molar-refractivity contribution in [1.29, 1.82) is 0 Å². The maximum absolute atomic E-state index is 3.78. The lowest BCUT2D eigenvalue weighted by Gasteiger charge is -2.19. The van der Waals surface area contributed by atoms with Crippen molar-refractivity contribution in [2.75, 3.05) is 18.4 Å². The van der Waals surface area contributed by atoms with Gasteiger partial charge in [-0.05, 0) is 68.1 Å². The maximum atomic E-state index is 3.78. The van der Waals surface area contributed by atoms with Crippen LogP contribution < -0.4 is 10.6 Å². The molecule has 0 aromatic heterocycles. The zero-order valence-corrected chi connectivity index (χ0v) is 13.4. The second kappa shape index (κ2) is 5.44. The molecule has 2 heteroatoms. The molecule has 2 heterocycles. The Morgan fingerprint density at radius 1 is 0.955 bits per heavy atom. The third-order valence-electron chi connectivity index (χ3n) is 5.25. The molecule has 0 aliphatic carbocycles. The molecule has 2 aromatic carbocycles. The van der Waals surface area contributed by atoms with Gasteiger partial charge < -0.3 is 10.6 Å².